The third-order valence-corrected chi connectivity index (χ3v) is 1.63. The minimum atomic E-state index is 0.542. The molecule has 0 fully saturated rings. The number of rotatable bonds is 0. The molecule has 1 rings (SSSR count). The average molecular weight is 111 g/mol. The van der Waals surface area contributed by atoms with Gasteiger partial charge < -0.3 is 0 Å². The molecule has 1 aliphatic rings. The Morgan fingerprint density at radius 2 is 2.38 bits per heavy atom. The van der Waals surface area contributed by atoms with Crippen LogP contribution in [0.2, 0.25) is 0 Å². The highest BCUT2D eigenvalue weighted by molar-refractivity contribution is 5.95. The summed E-state index contributed by atoms with van der Waals surface area (Å²) in [4.78, 5) is 0. The highest BCUT2D eigenvalue weighted by atomic mass is 15.4. The standard InChI is InChI=1S/C6H11N2/c1-5-4-7-8(3)6(5)2/h4-5H,1-3H3/q+1. The van der Waals surface area contributed by atoms with Gasteiger partial charge in [-0.2, -0.15) is 0 Å². The van der Waals surface area contributed by atoms with Crippen LogP contribution in [0, 0.1) is 5.92 Å². The fourth-order valence-corrected chi connectivity index (χ4v) is 0.694. The zero-order valence-corrected chi connectivity index (χ0v) is 5.55. The SMILES string of the molecule is CC1=[N+](C)N=CC1C. The first kappa shape index (κ1) is 5.48. The van der Waals surface area contributed by atoms with Crippen molar-refractivity contribution in [3.63, 3.8) is 0 Å². The second-order valence-corrected chi connectivity index (χ2v) is 2.22. The third-order valence-electron chi connectivity index (χ3n) is 1.63. The molecule has 0 saturated carbocycles. The van der Waals surface area contributed by atoms with E-state index < -0.39 is 0 Å². The predicted octanol–water partition coefficient (Wildman–Crippen LogP) is 0.725. The molecule has 1 heterocycles. The fraction of sp³-hybridized carbons (Fsp3) is 0.667. The zero-order valence-electron chi connectivity index (χ0n) is 5.55. The maximum absolute atomic E-state index is 4.07. The summed E-state index contributed by atoms with van der Waals surface area (Å²) in [6, 6.07) is 0. The Bertz CT molecular complexity index is 156. The van der Waals surface area contributed by atoms with Gasteiger partial charge in [-0.25, -0.2) is 0 Å². The van der Waals surface area contributed by atoms with E-state index in [1.807, 2.05) is 17.9 Å². The van der Waals surface area contributed by atoms with Crippen LogP contribution in [-0.4, -0.2) is 23.7 Å². The van der Waals surface area contributed by atoms with Crippen LogP contribution in [0.5, 0.6) is 0 Å². The minimum absolute atomic E-state index is 0.542. The average Bonchev–Trinajstić information content (AvgIpc) is 1.98. The molecule has 44 valence electrons. The predicted molar refractivity (Wildman–Crippen MR) is 34.5 cm³/mol. The molecule has 1 unspecified atom stereocenters. The van der Waals surface area contributed by atoms with Crippen LogP contribution in [0.3, 0.4) is 0 Å². The van der Waals surface area contributed by atoms with Crippen LogP contribution in [0.1, 0.15) is 13.8 Å². The summed E-state index contributed by atoms with van der Waals surface area (Å²) in [5.41, 5.74) is 1.32. The monoisotopic (exact) mass is 111 g/mol. The van der Waals surface area contributed by atoms with Crippen LogP contribution in [0.15, 0.2) is 5.10 Å². The molecule has 1 atom stereocenters. The van der Waals surface area contributed by atoms with Crippen LogP contribution >= 0.6 is 0 Å². The van der Waals surface area contributed by atoms with Gasteiger partial charge in [0.2, 0.25) is 0 Å². The summed E-state index contributed by atoms with van der Waals surface area (Å²) in [7, 11) is 1.97. The first-order chi connectivity index (χ1) is 3.72. The molecule has 0 aliphatic carbocycles. The minimum Gasteiger partial charge on any atom is -0.0952 e. The van der Waals surface area contributed by atoms with E-state index in [0.29, 0.717) is 5.92 Å². The Morgan fingerprint density at radius 3 is 2.50 bits per heavy atom. The molecule has 0 N–H and O–H groups in total. The summed E-state index contributed by atoms with van der Waals surface area (Å²) in [5.74, 6) is 0.542. The highest BCUT2D eigenvalue weighted by Crippen LogP contribution is 2.00. The van der Waals surface area contributed by atoms with Gasteiger partial charge in [-0.3, -0.25) is 0 Å². The molecule has 2 heteroatoms. The zero-order chi connectivity index (χ0) is 6.15. The Labute approximate surface area is 49.5 Å². The number of hydrogen-bond acceptors (Lipinski definition) is 1. The molecule has 2 nitrogen and oxygen atoms in total. The summed E-state index contributed by atoms with van der Waals surface area (Å²) in [5, 5.41) is 4.07. The quantitative estimate of drug-likeness (QED) is 0.409. The van der Waals surface area contributed by atoms with Crippen molar-refractivity contribution < 1.29 is 4.68 Å². The Balaban J connectivity index is 2.85. The molecule has 0 spiro atoms. The molecule has 0 saturated heterocycles. The van der Waals surface area contributed by atoms with E-state index in [9.17, 15) is 0 Å². The first-order valence-corrected chi connectivity index (χ1v) is 2.83. The third kappa shape index (κ3) is 0.661. The smallest absolute Gasteiger partial charge is 0.0952 e. The van der Waals surface area contributed by atoms with Gasteiger partial charge in [-0.15, -0.1) is 0 Å². The lowest BCUT2D eigenvalue weighted by atomic mass is 10.1. The van der Waals surface area contributed by atoms with Crippen LogP contribution < -0.4 is 0 Å². The van der Waals surface area contributed by atoms with Crippen molar-refractivity contribution in [3.8, 4) is 0 Å². The van der Waals surface area contributed by atoms with E-state index in [-0.39, 0.29) is 0 Å². The molecule has 0 bridgehead atoms. The molecule has 0 amide bonds. The van der Waals surface area contributed by atoms with Crippen molar-refractivity contribution in [1.29, 1.82) is 0 Å². The normalized spacial score (nSPS) is 27.6. The lowest BCUT2D eigenvalue weighted by molar-refractivity contribution is -0.499. The van der Waals surface area contributed by atoms with E-state index in [4.69, 9.17) is 0 Å². The second-order valence-electron chi connectivity index (χ2n) is 2.22. The van der Waals surface area contributed by atoms with E-state index in [2.05, 4.69) is 18.9 Å². The molecule has 0 aromatic rings. The Kier molecular flexibility index (Phi) is 1.16. The van der Waals surface area contributed by atoms with Gasteiger partial charge in [0, 0.05) is 6.92 Å². The highest BCUT2D eigenvalue weighted by Gasteiger charge is 2.18. The van der Waals surface area contributed by atoms with Gasteiger partial charge >= 0.3 is 0 Å². The van der Waals surface area contributed by atoms with Crippen molar-refractivity contribution >= 4 is 11.9 Å². The summed E-state index contributed by atoms with van der Waals surface area (Å²) in [6.07, 6.45) is 1.95. The van der Waals surface area contributed by atoms with Gasteiger partial charge in [-0.05, 0) is 12.0 Å². The Hall–Kier alpha value is -0.660. The van der Waals surface area contributed by atoms with E-state index in [1.165, 1.54) is 5.71 Å². The molecule has 0 aromatic heterocycles. The topological polar surface area (TPSA) is 15.4 Å². The fourth-order valence-electron chi connectivity index (χ4n) is 0.694. The van der Waals surface area contributed by atoms with Crippen molar-refractivity contribution in [3.05, 3.63) is 0 Å². The van der Waals surface area contributed by atoms with Crippen LogP contribution in [-0.2, 0) is 0 Å². The molecule has 8 heavy (non-hydrogen) atoms. The van der Waals surface area contributed by atoms with Gasteiger partial charge in [-0.1, -0.05) is 4.68 Å². The van der Waals surface area contributed by atoms with Gasteiger partial charge in [0.05, 0.1) is 12.1 Å². The Morgan fingerprint density at radius 1 is 1.75 bits per heavy atom. The van der Waals surface area contributed by atoms with Crippen molar-refractivity contribution in [2.45, 2.75) is 13.8 Å². The molecule has 0 aromatic carbocycles. The molecular formula is C6H11N2+. The van der Waals surface area contributed by atoms with E-state index >= 15 is 0 Å². The van der Waals surface area contributed by atoms with Crippen molar-refractivity contribution in [1.82, 2.24) is 0 Å². The van der Waals surface area contributed by atoms with Crippen molar-refractivity contribution in [2.75, 3.05) is 7.05 Å². The first-order valence-electron chi connectivity index (χ1n) is 2.83. The van der Waals surface area contributed by atoms with Crippen molar-refractivity contribution in [2.24, 2.45) is 11.0 Å². The lowest BCUT2D eigenvalue weighted by Gasteiger charge is -1.87. The van der Waals surface area contributed by atoms with E-state index in [1.54, 1.807) is 0 Å². The van der Waals surface area contributed by atoms with Crippen LogP contribution in [0.25, 0.3) is 0 Å². The number of nitrogens with zero attached hydrogens (tertiary/aromatic N) is 2. The summed E-state index contributed by atoms with van der Waals surface area (Å²) >= 11 is 0. The van der Waals surface area contributed by atoms with Gasteiger partial charge in [0.15, 0.2) is 12.8 Å². The summed E-state index contributed by atoms with van der Waals surface area (Å²) < 4.78 is 1.91. The van der Waals surface area contributed by atoms with E-state index in [0.717, 1.165) is 0 Å². The lowest BCUT2D eigenvalue weighted by Crippen LogP contribution is -2.09. The maximum atomic E-state index is 4.07. The molecule has 1 aliphatic heterocycles. The summed E-state index contributed by atoms with van der Waals surface area (Å²) in [6.45, 7) is 4.24. The number of hydrogen-bond donors (Lipinski definition) is 0. The molecular weight excluding hydrogens is 100 g/mol. The van der Waals surface area contributed by atoms with Crippen LogP contribution in [0.4, 0.5) is 0 Å². The molecule has 0 radical (unpaired) electrons. The number of hydrazone groups is 1. The maximum Gasteiger partial charge on any atom is 0.190 e. The van der Waals surface area contributed by atoms with Gasteiger partial charge in [0.1, 0.15) is 0 Å². The van der Waals surface area contributed by atoms with Gasteiger partial charge in [0.25, 0.3) is 0 Å². The second kappa shape index (κ2) is 1.69. The largest absolute Gasteiger partial charge is 0.190 e.